The van der Waals surface area contributed by atoms with Gasteiger partial charge in [-0.25, -0.2) is 9.97 Å². The SMILES string of the molecule is CCOc1nc(-c2nc3ccccc3n2C)cc(-c2ccc(C)cc2)c1C#N. The molecule has 0 bridgehead atoms. The second-order valence-electron chi connectivity index (χ2n) is 6.63. The van der Waals surface area contributed by atoms with Crippen LogP contribution in [0.2, 0.25) is 0 Å². The van der Waals surface area contributed by atoms with Crippen molar-refractivity contribution < 1.29 is 4.74 Å². The number of pyridine rings is 1. The molecule has 2 heterocycles. The number of rotatable bonds is 4. The van der Waals surface area contributed by atoms with E-state index in [2.05, 4.69) is 11.1 Å². The zero-order valence-electron chi connectivity index (χ0n) is 16.1. The van der Waals surface area contributed by atoms with Crippen LogP contribution in [0.1, 0.15) is 18.1 Å². The average Bonchev–Trinajstić information content (AvgIpc) is 3.05. The quantitative estimate of drug-likeness (QED) is 0.515. The fourth-order valence-corrected chi connectivity index (χ4v) is 3.32. The van der Waals surface area contributed by atoms with E-state index in [0.717, 1.165) is 33.5 Å². The molecule has 4 rings (SSSR count). The van der Waals surface area contributed by atoms with Crippen molar-refractivity contribution in [3.8, 4) is 34.6 Å². The van der Waals surface area contributed by atoms with Crippen LogP contribution in [0.3, 0.4) is 0 Å². The number of benzene rings is 2. The normalized spacial score (nSPS) is 10.8. The Kier molecular flexibility index (Phi) is 4.54. The molecule has 5 heteroatoms. The molecule has 0 saturated heterocycles. The van der Waals surface area contributed by atoms with E-state index in [1.165, 1.54) is 0 Å². The molecule has 5 nitrogen and oxygen atoms in total. The predicted octanol–water partition coefficient (Wildman–Crippen LogP) is 4.88. The van der Waals surface area contributed by atoms with E-state index in [9.17, 15) is 5.26 Å². The van der Waals surface area contributed by atoms with Crippen LogP contribution in [-0.4, -0.2) is 21.1 Å². The molecule has 0 radical (unpaired) electrons. The highest BCUT2D eigenvalue weighted by Gasteiger charge is 2.19. The highest BCUT2D eigenvalue weighted by Crippen LogP contribution is 2.34. The van der Waals surface area contributed by atoms with Crippen molar-refractivity contribution in [1.29, 1.82) is 5.26 Å². The van der Waals surface area contributed by atoms with E-state index in [4.69, 9.17) is 9.72 Å². The van der Waals surface area contributed by atoms with Crippen molar-refractivity contribution >= 4 is 11.0 Å². The molecule has 0 aliphatic carbocycles. The first-order valence-corrected chi connectivity index (χ1v) is 9.19. The molecule has 2 aromatic carbocycles. The molecule has 0 saturated carbocycles. The number of ether oxygens (including phenoxy) is 1. The van der Waals surface area contributed by atoms with Gasteiger partial charge in [-0.05, 0) is 37.6 Å². The molecule has 0 amide bonds. The Labute approximate surface area is 163 Å². The van der Waals surface area contributed by atoms with Gasteiger partial charge in [-0.15, -0.1) is 0 Å². The molecule has 0 N–H and O–H groups in total. The average molecular weight is 368 g/mol. The summed E-state index contributed by atoms with van der Waals surface area (Å²) in [7, 11) is 1.97. The number of para-hydroxylation sites is 2. The molecule has 4 aromatic rings. The van der Waals surface area contributed by atoms with Gasteiger partial charge in [-0.1, -0.05) is 42.0 Å². The standard InChI is InChI=1S/C23H20N4O/c1-4-28-23-18(14-24)17(16-11-9-15(2)10-12-16)13-20(26-23)22-25-19-7-5-6-8-21(19)27(22)3/h5-13H,4H2,1-3H3. The van der Waals surface area contributed by atoms with E-state index < -0.39 is 0 Å². The third kappa shape index (κ3) is 2.99. The number of hydrogen-bond donors (Lipinski definition) is 0. The number of fused-ring (bicyclic) bond motifs is 1. The highest BCUT2D eigenvalue weighted by atomic mass is 16.5. The minimum Gasteiger partial charge on any atom is -0.477 e. The minimum absolute atomic E-state index is 0.338. The maximum absolute atomic E-state index is 9.78. The summed E-state index contributed by atoms with van der Waals surface area (Å²) in [4.78, 5) is 9.39. The van der Waals surface area contributed by atoms with Crippen molar-refractivity contribution in [3.05, 3.63) is 65.7 Å². The van der Waals surface area contributed by atoms with Crippen LogP contribution < -0.4 is 4.74 Å². The van der Waals surface area contributed by atoms with E-state index in [1.807, 2.05) is 80.1 Å². The van der Waals surface area contributed by atoms with Gasteiger partial charge in [0.2, 0.25) is 5.88 Å². The van der Waals surface area contributed by atoms with Gasteiger partial charge in [0.05, 0.1) is 17.6 Å². The topological polar surface area (TPSA) is 63.7 Å². The number of hydrogen-bond acceptors (Lipinski definition) is 4. The predicted molar refractivity (Wildman–Crippen MR) is 110 cm³/mol. The lowest BCUT2D eigenvalue weighted by Gasteiger charge is -2.12. The largest absolute Gasteiger partial charge is 0.477 e. The van der Waals surface area contributed by atoms with Gasteiger partial charge in [-0.2, -0.15) is 5.26 Å². The molecule has 28 heavy (non-hydrogen) atoms. The van der Waals surface area contributed by atoms with Crippen LogP contribution >= 0.6 is 0 Å². The second kappa shape index (κ2) is 7.16. The van der Waals surface area contributed by atoms with Crippen LogP contribution in [0.4, 0.5) is 0 Å². The first-order chi connectivity index (χ1) is 13.6. The lowest BCUT2D eigenvalue weighted by Crippen LogP contribution is -2.03. The molecular formula is C23H20N4O. The maximum Gasteiger partial charge on any atom is 0.232 e. The van der Waals surface area contributed by atoms with E-state index in [0.29, 0.717) is 23.7 Å². The molecule has 0 aliphatic rings. The minimum atomic E-state index is 0.338. The molecule has 138 valence electrons. The third-order valence-electron chi connectivity index (χ3n) is 4.76. The third-order valence-corrected chi connectivity index (χ3v) is 4.76. The number of nitrogens with zero attached hydrogens (tertiary/aromatic N) is 4. The Morgan fingerprint density at radius 3 is 2.50 bits per heavy atom. The summed E-state index contributed by atoms with van der Waals surface area (Å²) in [5, 5.41) is 9.78. The molecule has 0 spiro atoms. The number of nitriles is 1. The molecule has 2 aromatic heterocycles. The van der Waals surface area contributed by atoms with Crippen LogP contribution in [0.5, 0.6) is 5.88 Å². The van der Waals surface area contributed by atoms with Gasteiger partial charge in [0.15, 0.2) is 5.82 Å². The van der Waals surface area contributed by atoms with Crippen molar-refractivity contribution in [2.75, 3.05) is 6.61 Å². The van der Waals surface area contributed by atoms with Crippen LogP contribution in [0.15, 0.2) is 54.6 Å². The Hall–Kier alpha value is -3.65. The van der Waals surface area contributed by atoms with Gasteiger partial charge in [0.1, 0.15) is 17.3 Å². The molecule has 0 unspecified atom stereocenters. The summed E-state index contributed by atoms with van der Waals surface area (Å²) in [6, 6.07) is 20.2. The Balaban J connectivity index is 1.98. The van der Waals surface area contributed by atoms with Crippen molar-refractivity contribution in [3.63, 3.8) is 0 Å². The maximum atomic E-state index is 9.78. The number of aryl methyl sites for hydroxylation is 2. The summed E-state index contributed by atoms with van der Waals surface area (Å²) in [5.74, 6) is 1.07. The molecule has 0 atom stereocenters. The highest BCUT2D eigenvalue weighted by molar-refractivity contribution is 5.82. The number of aromatic nitrogens is 3. The van der Waals surface area contributed by atoms with Gasteiger partial charge in [-0.3, -0.25) is 0 Å². The van der Waals surface area contributed by atoms with Crippen molar-refractivity contribution in [2.45, 2.75) is 13.8 Å². The lowest BCUT2D eigenvalue weighted by molar-refractivity contribution is 0.326. The monoisotopic (exact) mass is 368 g/mol. The summed E-state index contributed by atoms with van der Waals surface area (Å²) in [6.45, 7) is 4.36. The van der Waals surface area contributed by atoms with Gasteiger partial charge >= 0.3 is 0 Å². The lowest BCUT2D eigenvalue weighted by atomic mass is 9.99. The Bertz CT molecular complexity index is 1200. The molecule has 0 fully saturated rings. The summed E-state index contributed by atoms with van der Waals surface area (Å²) < 4.78 is 7.73. The van der Waals surface area contributed by atoms with Gasteiger partial charge in [0.25, 0.3) is 0 Å². The fourth-order valence-electron chi connectivity index (χ4n) is 3.32. The smallest absolute Gasteiger partial charge is 0.232 e. The fraction of sp³-hybridized carbons (Fsp3) is 0.174. The zero-order chi connectivity index (χ0) is 19.7. The van der Waals surface area contributed by atoms with Crippen LogP contribution in [0.25, 0.3) is 33.7 Å². The molecular weight excluding hydrogens is 348 g/mol. The molecule has 0 aliphatic heterocycles. The van der Waals surface area contributed by atoms with Crippen LogP contribution in [-0.2, 0) is 7.05 Å². The summed E-state index contributed by atoms with van der Waals surface area (Å²) in [5.41, 5.74) is 5.95. The number of imidazole rings is 1. The van der Waals surface area contributed by atoms with Crippen LogP contribution in [0, 0.1) is 18.3 Å². The van der Waals surface area contributed by atoms with E-state index >= 15 is 0 Å². The Morgan fingerprint density at radius 2 is 1.82 bits per heavy atom. The Morgan fingerprint density at radius 1 is 1.07 bits per heavy atom. The van der Waals surface area contributed by atoms with E-state index in [1.54, 1.807) is 0 Å². The summed E-state index contributed by atoms with van der Waals surface area (Å²) in [6.07, 6.45) is 0. The second-order valence-corrected chi connectivity index (χ2v) is 6.63. The first-order valence-electron chi connectivity index (χ1n) is 9.19. The van der Waals surface area contributed by atoms with Gasteiger partial charge < -0.3 is 9.30 Å². The van der Waals surface area contributed by atoms with Crippen molar-refractivity contribution in [2.24, 2.45) is 7.05 Å². The van der Waals surface area contributed by atoms with Gasteiger partial charge in [0, 0.05) is 12.6 Å². The van der Waals surface area contributed by atoms with Crippen molar-refractivity contribution in [1.82, 2.24) is 14.5 Å². The first kappa shape index (κ1) is 17.7. The zero-order valence-corrected chi connectivity index (χ0v) is 16.1. The summed E-state index contributed by atoms with van der Waals surface area (Å²) >= 11 is 0. The van der Waals surface area contributed by atoms with E-state index in [-0.39, 0.29) is 0 Å².